The Balaban J connectivity index is 0.00000192. The van der Waals surface area contributed by atoms with Crippen LogP contribution in [0.2, 0.25) is 0 Å². The molecule has 0 amide bonds. The maximum absolute atomic E-state index is 11.9. The number of fused-ring (bicyclic) bond motifs is 1. The zero-order valence-corrected chi connectivity index (χ0v) is 17.1. The number of rotatable bonds is 6. The number of nitrogens with zero attached hydrogens (tertiary/aromatic N) is 1. The summed E-state index contributed by atoms with van der Waals surface area (Å²) in [7, 11) is 0. The molecule has 0 spiro atoms. The molecule has 0 saturated carbocycles. The molecule has 1 aliphatic carbocycles. The minimum atomic E-state index is 0. The molecule has 0 radical (unpaired) electrons. The van der Waals surface area contributed by atoms with Gasteiger partial charge in [0.15, 0.2) is 0 Å². The van der Waals surface area contributed by atoms with Gasteiger partial charge in [-0.05, 0) is 55.7 Å². The van der Waals surface area contributed by atoms with Crippen molar-refractivity contribution in [3.63, 3.8) is 0 Å². The van der Waals surface area contributed by atoms with Gasteiger partial charge in [-0.2, -0.15) is 0 Å². The first-order valence-electron chi connectivity index (χ1n) is 8.32. The van der Waals surface area contributed by atoms with E-state index in [-0.39, 0.29) is 35.3 Å². The second-order valence-corrected chi connectivity index (χ2v) is 7.19. The zero-order valence-electron chi connectivity index (χ0n) is 14.3. The molecule has 23 heavy (non-hydrogen) atoms. The Morgan fingerprint density at radius 1 is 1.22 bits per heavy atom. The summed E-state index contributed by atoms with van der Waals surface area (Å²) >= 11 is 1.85. The van der Waals surface area contributed by atoms with Crippen LogP contribution in [0.5, 0.6) is 5.75 Å². The molecule has 2 aromatic rings. The van der Waals surface area contributed by atoms with Gasteiger partial charge in [0.2, 0.25) is 0 Å². The fourth-order valence-electron chi connectivity index (χ4n) is 3.54. The molecule has 0 saturated heterocycles. The summed E-state index contributed by atoms with van der Waals surface area (Å²) in [5.74, 6) is 0.233. The van der Waals surface area contributed by atoms with Gasteiger partial charge in [0.05, 0.1) is 0 Å². The van der Waals surface area contributed by atoms with E-state index in [9.17, 15) is 5.11 Å². The van der Waals surface area contributed by atoms with Gasteiger partial charge in [0.25, 0.3) is 0 Å². The minimum Gasteiger partial charge on any atom is -0.872 e. The molecular formula is C19H24NNaOS. The third-order valence-corrected chi connectivity index (χ3v) is 5.60. The Morgan fingerprint density at radius 3 is 2.83 bits per heavy atom. The summed E-state index contributed by atoms with van der Waals surface area (Å²) in [6.45, 7) is 4.54. The van der Waals surface area contributed by atoms with Gasteiger partial charge in [-0.3, -0.25) is 4.90 Å². The van der Waals surface area contributed by atoms with E-state index in [0.717, 1.165) is 44.3 Å². The third kappa shape index (κ3) is 4.83. The first-order chi connectivity index (χ1) is 10.8. The number of thiophene rings is 1. The topological polar surface area (TPSA) is 26.3 Å². The van der Waals surface area contributed by atoms with Crippen molar-refractivity contribution >= 4 is 11.3 Å². The van der Waals surface area contributed by atoms with Crippen LogP contribution >= 0.6 is 11.3 Å². The quantitative estimate of drug-likeness (QED) is 0.723. The van der Waals surface area contributed by atoms with Crippen molar-refractivity contribution in [3.05, 3.63) is 51.7 Å². The molecule has 1 aliphatic rings. The molecule has 1 heterocycles. The maximum atomic E-state index is 11.9. The molecule has 0 unspecified atom stereocenters. The van der Waals surface area contributed by atoms with Gasteiger partial charge in [-0.25, -0.2) is 0 Å². The largest absolute Gasteiger partial charge is 1.00 e. The Labute approximate surface area is 165 Å². The molecule has 1 aromatic carbocycles. The summed E-state index contributed by atoms with van der Waals surface area (Å²) in [5, 5.41) is 14.1. The minimum absolute atomic E-state index is 0. The second kappa shape index (κ2) is 9.24. The van der Waals surface area contributed by atoms with E-state index in [1.807, 2.05) is 17.4 Å². The fraction of sp³-hybridized carbons (Fsp3) is 0.474. The molecule has 1 atom stereocenters. The predicted octanol–water partition coefficient (Wildman–Crippen LogP) is 0.638. The van der Waals surface area contributed by atoms with Gasteiger partial charge in [-0.1, -0.05) is 36.8 Å². The average molecular weight is 337 g/mol. The van der Waals surface area contributed by atoms with Crippen LogP contribution < -0.4 is 34.7 Å². The molecule has 0 aliphatic heterocycles. The number of hydrogen-bond acceptors (Lipinski definition) is 3. The summed E-state index contributed by atoms with van der Waals surface area (Å²) in [4.78, 5) is 4.11. The van der Waals surface area contributed by atoms with Crippen molar-refractivity contribution in [2.24, 2.45) is 0 Å². The van der Waals surface area contributed by atoms with Crippen LogP contribution in [0.15, 0.2) is 35.7 Å². The summed E-state index contributed by atoms with van der Waals surface area (Å²) in [6, 6.07) is 10.7. The standard InChI is InChI=1S/C19H25NOS.Na/c1-2-11-20(12-10-17-6-4-13-22-17)16-8-9-18-15(14-16)5-3-7-19(18)21;/h3-7,13,16,21H,2,8-12,14H2,1H3;/q;+1/p-1/t16-;/m0./s1. The van der Waals surface area contributed by atoms with Crippen LogP contribution in [0.1, 0.15) is 35.8 Å². The first-order valence-corrected chi connectivity index (χ1v) is 9.20. The Hall–Kier alpha value is -0.320. The van der Waals surface area contributed by atoms with Crippen LogP contribution in [0.3, 0.4) is 0 Å². The van der Waals surface area contributed by atoms with Crippen molar-refractivity contribution in [3.8, 4) is 5.75 Å². The number of hydrogen-bond donors (Lipinski definition) is 0. The second-order valence-electron chi connectivity index (χ2n) is 6.16. The van der Waals surface area contributed by atoms with Crippen molar-refractivity contribution in [2.75, 3.05) is 13.1 Å². The molecule has 4 heteroatoms. The van der Waals surface area contributed by atoms with Gasteiger partial charge < -0.3 is 5.11 Å². The van der Waals surface area contributed by atoms with E-state index in [1.165, 1.54) is 16.9 Å². The van der Waals surface area contributed by atoms with Gasteiger partial charge in [0, 0.05) is 17.5 Å². The summed E-state index contributed by atoms with van der Waals surface area (Å²) in [5.41, 5.74) is 2.34. The molecular weight excluding hydrogens is 313 g/mol. The molecule has 2 nitrogen and oxygen atoms in total. The molecule has 1 aromatic heterocycles. The van der Waals surface area contributed by atoms with E-state index < -0.39 is 0 Å². The van der Waals surface area contributed by atoms with Crippen LogP contribution in [-0.4, -0.2) is 24.0 Å². The predicted molar refractivity (Wildman–Crippen MR) is 91.6 cm³/mol. The number of benzene rings is 1. The summed E-state index contributed by atoms with van der Waals surface area (Å²) in [6.07, 6.45) is 5.43. The van der Waals surface area contributed by atoms with E-state index in [2.05, 4.69) is 35.4 Å². The Kier molecular flexibility index (Phi) is 7.64. The van der Waals surface area contributed by atoms with Crippen LogP contribution in [0, 0.1) is 0 Å². The monoisotopic (exact) mass is 337 g/mol. The van der Waals surface area contributed by atoms with E-state index in [1.54, 1.807) is 6.07 Å². The zero-order chi connectivity index (χ0) is 15.4. The molecule has 118 valence electrons. The third-order valence-electron chi connectivity index (χ3n) is 4.67. The summed E-state index contributed by atoms with van der Waals surface area (Å²) < 4.78 is 0. The molecule has 0 N–H and O–H groups in total. The van der Waals surface area contributed by atoms with Gasteiger partial charge in [0.1, 0.15) is 0 Å². The van der Waals surface area contributed by atoms with Crippen LogP contribution in [0.25, 0.3) is 0 Å². The maximum Gasteiger partial charge on any atom is 1.00 e. The smallest absolute Gasteiger partial charge is 0.872 e. The van der Waals surface area contributed by atoms with E-state index in [4.69, 9.17) is 0 Å². The normalized spacial score (nSPS) is 16.9. The average Bonchev–Trinajstić information content (AvgIpc) is 3.05. The fourth-order valence-corrected chi connectivity index (χ4v) is 4.24. The van der Waals surface area contributed by atoms with Crippen LogP contribution in [0.4, 0.5) is 0 Å². The molecule has 3 rings (SSSR count). The van der Waals surface area contributed by atoms with E-state index in [0.29, 0.717) is 6.04 Å². The van der Waals surface area contributed by atoms with Crippen molar-refractivity contribution in [1.82, 2.24) is 4.90 Å². The molecule has 0 bridgehead atoms. The van der Waals surface area contributed by atoms with Crippen LogP contribution in [-0.2, 0) is 19.3 Å². The first kappa shape index (κ1) is 19.0. The van der Waals surface area contributed by atoms with Crippen molar-refractivity contribution in [2.45, 2.75) is 45.1 Å². The van der Waals surface area contributed by atoms with Gasteiger partial charge in [-0.15, -0.1) is 17.1 Å². The SMILES string of the molecule is CCCN(CCc1cccs1)[C@H]1CCc2c([O-])cccc2C1.[Na+]. The van der Waals surface area contributed by atoms with Crippen molar-refractivity contribution < 1.29 is 34.7 Å². The van der Waals surface area contributed by atoms with Gasteiger partial charge >= 0.3 is 29.6 Å². The Bertz CT molecular complexity index is 599. The van der Waals surface area contributed by atoms with Crippen molar-refractivity contribution in [1.29, 1.82) is 0 Å². The Morgan fingerprint density at radius 2 is 2.09 bits per heavy atom. The molecule has 0 fully saturated rings. The van der Waals surface area contributed by atoms with E-state index >= 15 is 0 Å².